The Hall–Kier alpha value is -3.07. The molecule has 1 unspecified atom stereocenters. The highest BCUT2D eigenvalue weighted by atomic mass is 16.2. The molecule has 0 aliphatic carbocycles. The van der Waals surface area contributed by atoms with Gasteiger partial charge >= 0.3 is 6.03 Å². The normalized spacial score (nSPS) is 12.1. The first-order valence-corrected chi connectivity index (χ1v) is 7.43. The fourth-order valence-corrected chi connectivity index (χ4v) is 2.23. The molecule has 3 aromatic rings. The van der Waals surface area contributed by atoms with Crippen LogP contribution in [0.1, 0.15) is 6.93 Å². The molecule has 1 N–H and O–H groups in total. The molecule has 1 atom stereocenters. The number of nitrogens with one attached hydrogen (secondary N) is 1. The van der Waals surface area contributed by atoms with Crippen LogP contribution in [0.2, 0.25) is 0 Å². The van der Waals surface area contributed by atoms with Crippen LogP contribution in [0.15, 0.2) is 91.0 Å². The van der Waals surface area contributed by atoms with Crippen molar-refractivity contribution in [2.75, 3.05) is 10.2 Å². The fourth-order valence-electron chi connectivity index (χ4n) is 2.23. The first kappa shape index (κ1) is 13.6. The third-order valence-electron chi connectivity index (χ3n) is 3.36. The van der Waals surface area contributed by atoms with Crippen LogP contribution in [0.4, 0.5) is 16.2 Å². The molecule has 0 bridgehead atoms. The number of anilines is 2. The number of carbonyl (C=O) groups is 1. The van der Waals surface area contributed by atoms with Gasteiger partial charge in [-0.05, 0) is 29.8 Å². The Morgan fingerprint density at radius 1 is 0.826 bits per heavy atom. The van der Waals surface area contributed by atoms with Gasteiger partial charge in [0.25, 0.3) is 0 Å². The Bertz CT molecular complexity index is 779. The second-order valence-electron chi connectivity index (χ2n) is 5.04. The maximum absolute atomic E-state index is 12.8. The first-order valence-electron chi connectivity index (χ1n) is 8.01. The van der Waals surface area contributed by atoms with Crippen molar-refractivity contribution in [3.8, 4) is 0 Å². The Balaban J connectivity index is 1.92. The number of amides is 2. The van der Waals surface area contributed by atoms with Crippen molar-refractivity contribution in [3.63, 3.8) is 0 Å². The summed E-state index contributed by atoms with van der Waals surface area (Å²) in [6.45, 7) is -0.836. The number of rotatable bonds is 4. The summed E-state index contributed by atoms with van der Waals surface area (Å²) in [7, 11) is 0. The molecule has 0 aromatic heterocycles. The summed E-state index contributed by atoms with van der Waals surface area (Å²) in [6, 6.07) is 27.5. The summed E-state index contributed by atoms with van der Waals surface area (Å²) in [5.74, 6) is 0. The predicted octanol–water partition coefficient (Wildman–Crippen LogP) is 4.93. The van der Waals surface area contributed by atoms with Crippen LogP contribution < -0.4 is 10.2 Å². The molecule has 3 rings (SSSR count). The Morgan fingerprint density at radius 2 is 1.35 bits per heavy atom. The molecule has 0 saturated heterocycles. The van der Waals surface area contributed by atoms with Gasteiger partial charge in [0.15, 0.2) is 0 Å². The topological polar surface area (TPSA) is 32.3 Å². The minimum absolute atomic E-state index is 0.337. The Morgan fingerprint density at radius 3 is 1.96 bits per heavy atom. The lowest BCUT2D eigenvalue weighted by Crippen LogP contribution is -2.34. The van der Waals surface area contributed by atoms with Gasteiger partial charge in [-0.25, -0.2) is 4.79 Å². The average molecular weight is 303 g/mol. The van der Waals surface area contributed by atoms with Gasteiger partial charge in [-0.15, -0.1) is 0 Å². The molecule has 2 amide bonds. The second kappa shape index (κ2) is 7.27. The number of hydrogen-bond donors (Lipinski definition) is 1. The van der Waals surface area contributed by atoms with E-state index in [1.807, 2.05) is 91.0 Å². The molecule has 3 nitrogen and oxygen atoms in total. The molecule has 3 heteroatoms. The van der Waals surface area contributed by atoms with E-state index in [1.54, 1.807) is 0 Å². The van der Waals surface area contributed by atoms with Crippen molar-refractivity contribution < 1.29 is 6.17 Å². The third kappa shape index (κ3) is 3.98. The van der Waals surface area contributed by atoms with Crippen LogP contribution in [0.25, 0.3) is 0 Å². The van der Waals surface area contributed by atoms with Crippen LogP contribution in [-0.2, 0) is 6.52 Å². The van der Waals surface area contributed by atoms with Crippen molar-refractivity contribution in [1.29, 1.82) is 0 Å². The number of nitrogens with zero attached hydrogens (tertiary/aromatic N) is 1. The zero-order valence-electron chi connectivity index (χ0n) is 13.6. The summed E-state index contributed by atoms with van der Waals surface area (Å²) in [6.07, 6.45) is 0. The second-order valence-corrected chi connectivity index (χ2v) is 5.04. The maximum Gasteiger partial charge on any atom is 0.326 e. The highest BCUT2D eigenvalue weighted by Gasteiger charge is 2.16. The zero-order chi connectivity index (χ0) is 16.8. The molecule has 0 heterocycles. The van der Waals surface area contributed by atoms with Crippen LogP contribution >= 0.6 is 0 Å². The number of urea groups is 1. The fraction of sp³-hybridized carbons (Fsp3) is 0.0500. The molecule has 0 spiro atoms. The van der Waals surface area contributed by atoms with Crippen molar-refractivity contribution in [2.45, 2.75) is 6.52 Å². The first-order chi connectivity index (χ1) is 11.8. The third-order valence-corrected chi connectivity index (χ3v) is 3.36. The highest BCUT2D eigenvalue weighted by Crippen LogP contribution is 2.18. The minimum Gasteiger partial charge on any atom is -0.308 e. The highest BCUT2D eigenvalue weighted by molar-refractivity contribution is 6.01. The summed E-state index contributed by atoms with van der Waals surface area (Å²) in [5.41, 5.74) is 2.13. The van der Waals surface area contributed by atoms with E-state index in [2.05, 4.69) is 5.32 Å². The van der Waals surface area contributed by atoms with E-state index in [9.17, 15) is 4.79 Å². The lowest BCUT2D eigenvalue weighted by molar-refractivity contribution is 0.256. The molecule has 23 heavy (non-hydrogen) atoms. The van der Waals surface area contributed by atoms with Gasteiger partial charge in [0, 0.05) is 11.4 Å². The van der Waals surface area contributed by atoms with E-state index in [0.29, 0.717) is 11.4 Å². The standard InChI is InChI=1S/C20H18N2O/c23-20(21-18-12-6-2-7-13-18)22(19-14-8-3-9-15-19)16-17-10-4-1-5-11-17/h1-15H,16H2,(H,21,23)/i16D. The minimum atomic E-state index is -0.836. The van der Waals surface area contributed by atoms with E-state index in [4.69, 9.17) is 1.37 Å². The lowest BCUT2D eigenvalue weighted by atomic mass is 10.2. The quantitative estimate of drug-likeness (QED) is 0.728. The molecule has 3 aromatic carbocycles. The number of para-hydroxylation sites is 2. The molecular weight excluding hydrogens is 284 g/mol. The van der Waals surface area contributed by atoms with E-state index >= 15 is 0 Å². The molecule has 0 radical (unpaired) electrons. The van der Waals surface area contributed by atoms with Gasteiger partial charge in [0.2, 0.25) is 0 Å². The van der Waals surface area contributed by atoms with Crippen molar-refractivity contribution >= 4 is 17.4 Å². The SMILES string of the molecule is [2H]C(c1ccccc1)N(C(=O)Nc1ccccc1)c1ccccc1. The summed E-state index contributed by atoms with van der Waals surface area (Å²) in [4.78, 5) is 14.3. The van der Waals surface area contributed by atoms with Crippen LogP contribution in [0.3, 0.4) is 0 Å². The average Bonchev–Trinajstić information content (AvgIpc) is 2.64. The predicted molar refractivity (Wildman–Crippen MR) is 94.5 cm³/mol. The summed E-state index contributed by atoms with van der Waals surface area (Å²) in [5, 5.41) is 2.86. The van der Waals surface area contributed by atoms with Gasteiger partial charge in [0.1, 0.15) is 0 Å². The van der Waals surface area contributed by atoms with Crippen LogP contribution in [0.5, 0.6) is 0 Å². The maximum atomic E-state index is 12.8. The number of hydrogen-bond acceptors (Lipinski definition) is 1. The molecule has 0 fully saturated rings. The Labute approximate surface area is 137 Å². The monoisotopic (exact) mass is 303 g/mol. The van der Waals surface area contributed by atoms with Gasteiger partial charge in [0.05, 0.1) is 7.89 Å². The number of benzene rings is 3. The van der Waals surface area contributed by atoms with Gasteiger partial charge in [-0.1, -0.05) is 66.7 Å². The van der Waals surface area contributed by atoms with E-state index in [-0.39, 0.29) is 6.03 Å². The molecule has 114 valence electrons. The Kier molecular flexibility index (Phi) is 4.29. The van der Waals surface area contributed by atoms with Crippen LogP contribution in [-0.4, -0.2) is 6.03 Å². The smallest absolute Gasteiger partial charge is 0.308 e. The van der Waals surface area contributed by atoms with E-state index < -0.39 is 6.52 Å². The molecular formula is C20H18N2O. The van der Waals surface area contributed by atoms with Gasteiger partial charge < -0.3 is 5.32 Å². The van der Waals surface area contributed by atoms with E-state index in [0.717, 1.165) is 5.56 Å². The van der Waals surface area contributed by atoms with Gasteiger partial charge in [-0.2, -0.15) is 0 Å². The van der Waals surface area contributed by atoms with E-state index in [1.165, 1.54) is 4.90 Å². The van der Waals surface area contributed by atoms with Gasteiger partial charge in [-0.3, -0.25) is 4.90 Å². The van der Waals surface area contributed by atoms with Crippen molar-refractivity contribution in [3.05, 3.63) is 96.6 Å². The number of carbonyl (C=O) groups excluding carboxylic acids is 1. The molecule has 0 aliphatic rings. The summed E-state index contributed by atoms with van der Waals surface area (Å²) < 4.78 is 8.57. The van der Waals surface area contributed by atoms with Crippen molar-refractivity contribution in [2.24, 2.45) is 0 Å². The largest absolute Gasteiger partial charge is 0.326 e. The van der Waals surface area contributed by atoms with Crippen molar-refractivity contribution in [1.82, 2.24) is 0 Å². The zero-order valence-corrected chi connectivity index (χ0v) is 12.6. The summed E-state index contributed by atoms with van der Waals surface area (Å²) >= 11 is 0. The van der Waals surface area contributed by atoms with Crippen LogP contribution in [0, 0.1) is 0 Å². The molecule has 0 aliphatic heterocycles. The lowest BCUT2D eigenvalue weighted by Gasteiger charge is -2.23. The molecule has 0 saturated carbocycles.